The molecule has 0 aliphatic rings. The number of hydrogen-bond acceptors (Lipinski definition) is 4. The molecule has 1 aromatic heterocycles. The Bertz CT molecular complexity index is 645. The van der Waals surface area contributed by atoms with E-state index < -0.39 is 0 Å². The Morgan fingerprint density at radius 1 is 1.35 bits per heavy atom. The largest absolute Gasteiger partial charge is 0.487 e. The number of nitrogens with zero attached hydrogens (tertiary/aromatic N) is 3. The molecule has 0 unspecified atom stereocenters. The van der Waals surface area contributed by atoms with Crippen molar-refractivity contribution in [3.63, 3.8) is 0 Å². The second-order valence-electron chi connectivity index (χ2n) is 4.87. The van der Waals surface area contributed by atoms with E-state index in [1.807, 2.05) is 45.2 Å². The standard InChI is InChI=1S/C15H19N3O2/c1-10-5-6-15(14(7-10)12(3)17-19)20-9-13-8-11(2)16-18(13)4/h5-8,19H,9H2,1-4H3. The van der Waals surface area contributed by atoms with Crippen molar-refractivity contribution in [2.24, 2.45) is 12.2 Å². The summed E-state index contributed by atoms with van der Waals surface area (Å²) in [7, 11) is 1.89. The summed E-state index contributed by atoms with van der Waals surface area (Å²) in [5.41, 5.74) is 4.37. The first kappa shape index (κ1) is 14.1. The highest BCUT2D eigenvalue weighted by Crippen LogP contribution is 2.22. The molecule has 0 saturated carbocycles. The molecule has 0 spiro atoms. The van der Waals surface area contributed by atoms with Crippen molar-refractivity contribution in [1.29, 1.82) is 0 Å². The van der Waals surface area contributed by atoms with Crippen LogP contribution < -0.4 is 4.74 Å². The highest BCUT2D eigenvalue weighted by Gasteiger charge is 2.09. The minimum atomic E-state index is 0.423. The normalized spacial score (nSPS) is 11.7. The van der Waals surface area contributed by atoms with E-state index in [1.54, 1.807) is 11.6 Å². The number of rotatable bonds is 4. The quantitative estimate of drug-likeness (QED) is 0.529. The van der Waals surface area contributed by atoms with Crippen molar-refractivity contribution in [3.8, 4) is 5.75 Å². The van der Waals surface area contributed by atoms with Crippen molar-refractivity contribution < 1.29 is 9.94 Å². The number of aryl methyl sites for hydroxylation is 3. The van der Waals surface area contributed by atoms with Crippen LogP contribution in [0.3, 0.4) is 0 Å². The molecule has 0 saturated heterocycles. The molecule has 0 aliphatic heterocycles. The van der Waals surface area contributed by atoms with E-state index in [9.17, 15) is 0 Å². The third-order valence-electron chi connectivity index (χ3n) is 3.15. The summed E-state index contributed by atoms with van der Waals surface area (Å²) in [6.45, 7) is 6.10. The summed E-state index contributed by atoms with van der Waals surface area (Å²) in [6, 6.07) is 7.79. The Morgan fingerprint density at radius 3 is 2.70 bits per heavy atom. The smallest absolute Gasteiger partial charge is 0.130 e. The van der Waals surface area contributed by atoms with Crippen LogP contribution in [-0.2, 0) is 13.7 Å². The van der Waals surface area contributed by atoms with Gasteiger partial charge in [0.2, 0.25) is 0 Å². The molecule has 1 N–H and O–H groups in total. The van der Waals surface area contributed by atoms with Crippen LogP contribution in [0.2, 0.25) is 0 Å². The predicted molar refractivity (Wildman–Crippen MR) is 77.5 cm³/mol. The molecule has 0 bridgehead atoms. The van der Waals surface area contributed by atoms with E-state index in [-0.39, 0.29) is 0 Å². The molecule has 0 aliphatic carbocycles. The van der Waals surface area contributed by atoms with Gasteiger partial charge in [0.15, 0.2) is 0 Å². The van der Waals surface area contributed by atoms with Crippen LogP contribution in [-0.4, -0.2) is 20.7 Å². The lowest BCUT2D eigenvalue weighted by Crippen LogP contribution is -2.06. The van der Waals surface area contributed by atoms with Crippen molar-refractivity contribution in [3.05, 3.63) is 46.8 Å². The van der Waals surface area contributed by atoms with Crippen LogP contribution in [0.4, 0.5) is 0 Å². The van der Waals surface area contributed by atoms with Crippen molar-refractivity contribution in [2.45, 2.75) is 27.4 Å². The van der Waals surface area contributed by atoms with E-state index in [0.29, 0.717) is 18.1 Å². The SMILES string of the molecule is CC(=NO)c1cc(C)ccc1OCc1cc(C)nn1C. The van der Waals surface area contributed by atoms with Gasteiger partial charge in [0.25, 0.3) is 0 Å². The lowest BCUT2D eigenvalue weighted by Gasteiger charge is -2.11. The van der Waals surface area contributed by atoms with Crippen LogP contribution in [0, 0.1) is 13.8 Å². The number of aromatic nitrogens is 2. The van der Waals surface area contributed by atoms with Gasteiger partial charge in [-0.1, -0.05) is 16.8 Å². The zero-order valence-corrected chi connectivity index (χ0v) is 12.2. The Hall–Kier alpha value is -2.30. The summed E-state index contributed by atoms with van der Waals surface area (Å²) in [4.78, 5) is 0. The molecule has 106 valence electrons. The molecule has 2 aromatic rings. The third-order valence-corrected chi connectivity index (χ3v) is 3.15. The Morgan fingerprint density at radius 2 is 2.10 bits per heavy atom. The summed E-state index contributed by atoms with van der Waals surface area (Å²) in [5.74, 6) is 0.699. The molecule has 0 atom stereocenters. The van der Waals surface area contributed by atoms with Crippen LogP contribution >= 0.6 is 0 Å². The summed E-state index contributed by atoms with van der Waals surface area (Å²) in [5, 5.41) is 16.5. The van der Waals surface area contributed by atoms with Gasteiger partial charge in [-0.2, -0.15) is 5.10 Å². The first-order chi connectivity index (χ1) is 9.51. The van der Waals surface area contributed by atoms with E-state index in [1.165, 1.54) is 0 Å². The molecular formula is C15H19N3O2. The molecule has 1 aromatic carbocycles. The molecular weight excluding hydrogens is 254 g/mol. The minimum Gasteiger partial charge on any atom is -0.487 e. The Kier molecular flexibility index (Phi) is 4.08. The molecule has 5 nitrogen and oxygen atoms in total. The minimum absolute atomic E-state index is 0.423. The van der Waals surface area contributed by atoms with Gasteiger partial charge in [-0.15, -0.1) is 0 Å². The van der Waals surface area contributed by atoms with Crippen LogP contribution in [0.25, 0.3) is 0 Å². The number of ether oxygens (including phenoxy) is 1. The number of oxime groups is 1. The fourth-order valence-corrected chi connectivity index (χ4v) is 2.06. The van der Waals surface area contributed by atoms with Gasteiger partial charge in [-0.3, -0.25) is 4.68 Å². The van der Waals surface area contributed by atoms with E-state index >= 15 is 0 Å². The van der Waals surface area contributed by atoms with Gasteiger partial charge in [-0.05, 0) is 39.0 Å². The maximum atomic E-state index is 8.95. The van der Waals surface area contributed by atoms with E-state index in [4.69, 9.17) is 9.94 Å². The van der Waals surface area contributed by atoms with Gasteiger partial charge in [0.1, 0.15) is 12.4 Å². The second kappa shape index (κ2) is 5.77. The summed E-state index contributed by atoms with van der Waals surface area (Å²) in [6.07, 6.45) is 0. The maximum absolute atomic E-state index is 8.95. The van der Waals surface area contributed by atoms with E-state index in [2.05, 4.69) is 10.3 Å². The molecule has 0 radical (unpaired) electrons. The van der Waals surface area contributed by atoms with Gasteiger partial charge >= 0.3 is 0 Å². The van der Waals surface area contributed by atoms with Crippen LogP contribution in [0.5, 0.6) is 5.75 Å². The predicted octanol–water partition coefficient (Wildman–Crippen LogP) is 2.81. The Labute approximate surface area is 118 Å². The average Bonchev–Trinajstić information content (AvgIpc) is 2.74. The zero-order valence-electron chi connectivity index (χ0n) is 12.2. The van der Waals surface area contributed by atoms with Crippen molar-refractivity contribution in [1.82, 2.24) is 9.78 Å². The van der Waals surface area contributed by atoms with Gasteiger partial charge in [-0.25, -0.2) is 0 Å². The maximum Gasteiger partial charge on any atom is 0.130 e. The molecule has 5 heteroatoms. The number of benzene rings is 1. The monoisotopic (exact) mass is 273 g/mol. The van der Waals surface area contributed by atoms with Crippen LogP contribution in [0.1, 0.15) is 29.4 Å². The topological polar surface area (TPSA) is 59.6 Å². The molecule has 2 rings (SSSR count). The first-order valence-electron chi connectivity index (χ1n) is 6.43. The van der Waals surface area contributed by atoms with Gasteiger partial charge in [0.05, 0.1) is 17.1 Å². The highest BCUT2D eigenvalue weighted by molar-refractivity contribution is 6.00. The third kappa shape index (κ3) is 2.99. The summed E-state index contributed by atoms with van der Waals surface area (Å²) < 4.78 is 7.64. The second-order valence-corrected chi connectivity index (χ2v) is 4.87. The fourth-order valence-electron chi connectivity index (χ4n) is 2.06. The number of hydrogen-bond donors (Lipinski definition) is 1. The Balaban J connectivity index is 2.23. The first-order valence-corrected chi connectivity index (χ1v) is 6.43. The fraction of sp³-hybridized carbons (Fsp3) is 0.333. The lowest BCUT2D eigenvalue weighted by atomic mass is 10.1. The zero-order chi connectivity index (χ0) is 14.7. The average molecular weight is 273 g/mol. The van der Waals surface area contributed by atoms with Crippen LogP contribution in [0.15, 0.2) is 29.4 Å². The van der Waals surface area contributed by atoms with Gasteiger partial charge in [0, 0.05) is 12.6 Å². The molecule has 0 fully saturated rings. The highest BCUT2D eigenvalue weighted by atomic mass is 16.5. The molecule has 20 heavy (non-hydrogen) atoms. The van der Waals surface area contributed by atoms with Gasteiger partial charge < -0.3 is 9.94 Å². The van der Waals surface area contributed by atoms with E-state index in [0.717, 1.165) is 22.5 Å². The van der Waals surface area contributed by atoms with Crippen molar-refractivity contribution >= 4 is 5.71 Å². The van der Waals surface area contributed by atoms with Crippen molar-refractivity contribution in [2.75, 3.05) is 0 Å². The molecule has 0 amide bonds. The summed E-state index contributed by atoms with van der Waals surface area (Å²) >= 11 is 0. The molecule has 1 heterocycles. The lowest BCUT2D eigenvalue weighted by molar-refractivity contribution is 0.293.